The monoisotopic (exact) mass is 733 g/mol. The number of nitrogens with zero attached hydrogens (tertiary/aromatic N) is 1. The average molecular weight is 734 g/mol. The number of esters is 1. The van der Waals surface area contributed by atoms with Crippen LogP contribution in [0.3, 0.4) is 0 Å². The summed E-state index contributed by atoms with van der Waals surface area (Å²) in [5, 5.41) is 0. The molecule has 1 aromatic rings. The second kappa shape index (κ2) is 20.8. The van der Waals surface area contributed by atoms with Crippen LogP contribution in [0.4, 0.5) is 4.79 Å². The van der Waals surface area contributed by atoms with Crippen molar-refractivity contribution < 1.29 is 59.6 Å². The Morgan fingerprint density at radius 3 is 2.37 bits per heavy atom. The van der Waals surface area contributed by atoms with Crippen LogP contribution in [0.5, 0.6) is 5.75 Å². The van der Waals surface area contributed by atoms with E-state index in [-0.39, 0.29) is 49.3 Å². The second-order valence-electron chi connectivity index (χ2n) is 8.19. The summed E-state index contributed by atoms with van der Waals surface area (Å²) in [4.78, 5) is 24.7. The number of amides is 1. The van der Waals surface area contributed by atoms with Gasteiger partial charge in [0, 0.05) is 44.2 Å². The first-order chi connectivity index (χ1) is 16.2. The molecule has 0 aromatic heterocycles. The molecule has 0 spiro atoms. The number of benzene rings is 1. The summed E-state index contributed by atoms with van der Waals surface area (Å²) in [6, 6.07) is 6.89. The Kier molecular flexibility index (Phi) is 21.3. The second-order valence-corrected chi connectivity index (χ2v) is 8.19. The smallest absolute Gasteiger partial charge is 0.410 e. The topological polar surface area (TPSA) is 100 Å². The molecule has 1 aliphatic heterocycles. The van der Waals surface area contributed by atoms with Gasteiger partial charge in [0.05, 0.1) is 25.4 Å². The minimum Gasteiger partial charge on any atom is -0.796 e. The van der Waals surface area contributed by atoms with E-state index in [1.54, 1.807) is 35.4 Å². The summed E-state index contributed by atoms with van der Waals surface area (Å²) in [5.41, 5.74) is 5.39. The van der Waals surface area contributed by atoms with Crippen LogP contribution in [0, 0.1) is 43.5 Å². The van der Waals surface area contributed by atoms with Crippen LogP contribution in [0.15, 0.2) is 24.3 Å². The molecular formula is C25H39N2O6SU-. The molecule has 1 amide bonds. The Bertz CT molecular complexity index is 759. The molecule has 1 aromatic carbocycles. The van der Waals surface area contributed by atoms with Gasteiger partial charge in [0.2, 0.25) is 0 Å². The zero-order valence-corrected chi connectivity index (χ0v) is 26.5. The van der Waals surface area contributed by atoms with Crippen molar-refractivity contribution in [2.24, 2.45) is 5.73 Å². The number of nitrogens with two attached hydrogens (primary N) is 1. The Labute approximate surface area is 239 Å². The van der Waals surface area contributed by atoms with E-state index in [1.165, 1.54) is 7.11 Å². The molecule has 35 heavy (non-hydrogen) atoms. The average Bonchev–Trinajstić information content (AvgIpc) is 2.83. The summed E-state index contributed by atoms with van der Waals surface area (Å²) in [7, 11) is 1.35. The zero-order chi connectivity index (χ0) is 26.0. The van der Waals surface area contributed by atoms with Gasteiger partial charge in [-0.2, -0.15) is 6.26 Å². The number of terminal acetylenes is 1. The third kappa shape index (κ3) is 16.9. The van der Waals surface area contributed by atoms with Crippen LogP contribution in [-0.2, 0) is 26.8 Å². The maximum atomic E-state index is 11.8. The van der Waals surface area contributed by atoms with Gasteiger partial charge >= 0.3 is 12.1 Å². The predicted octanol–water partition coefficient (Wildman–Crippen LogP) is 3.40. The minimum atomic E-state index is -0.437. The van der Waals surface area contributed by atoms with Gasteiger partial charge in [0.15, 0.2) is 0 Å². The van der Waals surface area contributed by atoms with E-state index in [4.69, 9.17) is 26.4 Å². The van der Waals surface area contributed by atoms with Crippen molar-refractivity contribution in [2.75, 3.05) is 46.2 Å². The number of rotatable bonds is 7. The molecule has 0 radical (unpaired) electrons. The van der Waals surface area contributed by atoms with Crippen molar-refractivity contribution in [3.05, 3.63) is 29.8 Å². The Hall–Kier alpha value is -1.36. The molecule has 0 unspecified atom stereocenters. The van der Waals surface area contributed by atoms with Crippen LogP contribution < -0.4 is 10.5 Å². The normalized spacial score (nSPS) is 12.9. The Balaban J connectivity index is 0. The number of piperidine rings is 1. The number of carbonyl (C=O) groups is 2. The third-order valence-corrected chi connectivity index (χ3v) is 4.37. The van der Waals surface area contributed by atoms with Crippen molar-refractivity contribution in [2.45, 2.75) is 51.7 Å². The Morgan fingerprint density at radius 1 is 1.23 bits per heavy atom. The van der Waals surface area contributed by atoms with Gasteiger partial charge in [0.1, 0.15) is 18.0 Å². The third-order valence-electron chi connectivity index (χ3n) is 4.37. The molecule has 0 bridgehead atoms. The van der Waals surface area contributed by atoms with E-state index in [9.17, 15) is 9.59 Å². The quantitative estimate of drug-likeness (QED) is 0.197. The van der Waals surface area contributed by atoms with Gasteiger partial charge in [-0.15, -0.1) is 6.42 Å². The SMILES string of the molecule is C#CCOC1CCN(C(=O)OC(C)(C)C)CC1.COC(=O)c1cccc(OCCCN)c1.C[S-].[U]. The first kappa shape index (κ1) is 35.8. The van der Waals surface area contributed by atoms with Crippen LogP contribution in [0.1, 0.15) is 50.4 Å². The summed E-state index contributed by atoms with van der Waals surface area (Å²) in [6.07, 6.45) is 9.08. The number of hydrogen-bond acceptors (Lipinski definition) is 8. The standard InChI is InChI=1S/C13H21NO3.C11H15NO3.CH4S.U/c1-5-10-16-11-6-8-14(9-7-11)12(15)17-13(2,3)4;1-14-11(13)9-4-2-5-10(8-9)15-7-3-6-12;1-2;/h1,11H,6-10H2,2-4H3;2,4-5,8H,3,6-7,12H2,1H3;2H,1H3;/p-1. The molecule has 8 nitrogen and oxygen atoms in total. The van der Waals surface area contributed by atoms with E-state index in [0.29, 0.717) is 44.2 Å². The maximum Gasteiger partial charge on any atom is 0.410 e. The van der Waals surface area contributed by atoms with E-state index in [1.807, 2.05) is 20.8 Å². The number of hydrogen-bond donors (Lipinski definition) is 1. The van der Waals surface area contributed by atoms with Crippen LogP contribution in [-0.4, -0.2) is 74.9 Å². The zero-order valence-electron chi connectivity index (χ0n) is 21.5. The molecule has 10 heteroatoms. The molecule has 0 saturated carbocycles. The first-order valence-corrected chi connectivity index (χ1v) is 12.0. The minimum absolute atomic E-state index is 0. The number of likely N-dealkylation sites (tertiary alicyclic amines) is 1. The molecule has 1 aliphatic rings. The fourth-order valence-corrected chi connectivity index (χ4v) is 2.80. The van der Waals surface area contributed by atoms with Crippen molar-refractivity contribution in [1.82, 2.24) is 4.90 Å². The van der Waals surface area contributed by atoms with Crippen molar-refractivity contribution >= 4 is 24.7 Å². The van der Waals surface area contributed by atoms with Gasteiger partial charge in [-0.25, -0.2) is 9.59 Å². The fourth-order valence-electron chi connectivity index (χ4n) is 2.80. The molecule has 1 saturated heterocycles. The molecule has 0 aliphatic carbocycles. The van der Waals surface area contributed by atoms with E-state index >= 15 is 0 Å². The van der Waals surface area contributed by atoms with Gasteiger partial charge in [-0.3, -0.25) is 0 Å². The van der Waals surface area contributed by atoms with Crippen molar-refractivity contribution in [3.63, 3.8) is 0 Å². The van der Waals surface area contributed by atoms with Crippen molar-refractivity contribution in [3.8, 4) is 18.1 Å². The van der Waals surface area contributed by atoms with Crippen LogP contribution in [0.2, 0.25) is 0 Å². The molecule has 1 fully saturated rings. The Morgan fingerprint density at radius 2 is 1.86 bits per heavy atom. The van der Waals surface area contributed by atoms with E-state index in [2.05, 4.69) is 23.3 Å². The van der Waals surface area contributed by atoms with Gasteiger partial charge < -0.3 is 42.2 Å². The summed E-state index contributed by atoms with van der Waals surface area (Å²) < 4.78 is 20.7. The van der Waals surface area contributed by atoms with Crippen LogP contribution in [0.25, 0.3) is 0 Å². The van der Waals surface area contributed by atoms with E-state index < -0.39 is 5.60 Å². The van der Waals surface area contributed by atoms with Gasteiger partial charge in [-0.05, 0) is 64.8 Å². The summed E-state index contributed by atoms with van der Waals surface area (Å²) in [6.45, 7) is 8.44. The number of ether oxygens (including phenoxy) is 4. The van der Waals surface area contributed by atoms with Gasteiger partial charge in [-0.1, -0.05) is 12.0 Å². The predicted molar refractivity (Wildman–Crippen MR) is 136 cm³/mol. The van der Waals surface area contributed by atoms with Crippen LogP contribution >= 0.6 is 0 Å². The first-order valence-electron chi connectivity index (χ1n) is 11.1. The largest absolute Gasteiger partial charge is 0.796 e. The fraction of sp³-hybridized carbons (Fsp3) is 0.600. The number of methoxy groups -OCH3 is 1. The molecule has 2 N–H and O–H groups in total. The van der Waals surface area contributed by atoms with E-state index in [0.717, 1.165) is 19.3 Å². The van der Waals surface area contributed by atoms with Crippen molar-refractivity contribution in [1.29, 1.82) is 0 Å². The summed E-state index contributed by atoms with van der Waals surface area (Å²) in [5.74, 6) is 2.75. The maximum absolute atomic E-state index is 11.8. The molecular weight excluding hydrogens is 694 g/mol. The van der Waals surface area contributed by atoms with Gasteiger partial charge in [0.25, 0.3) is 0 Å². The summed E-state index contributed by atoms with van der Waals surface area (Å²) >= 11 is 4.08. The molecule has 1 heterocycles. The number of carbonyl (C=O) groups excluding carboxylic acids is 2. The molecule has 0 atom stereocenters. The molecule has 196 valence electrons. The molecule has 2 rings (SSSR count).